The fourth-order valence-electron chi connectivity index (χ4n) is 1.80. The molecule has 0 saturated carbocycles. The number of hydrogen-bond donors (Lipinski definition) is 1. The molecular weight excluding hydrogens is 371 g/mol. The predicted molar refractivity (Wildman–Crippen MR) is 80.6 cm³/mol. The number of benzene rings is 2. The molecule has 0 heterocycles. The fourth-order valence-corrected chi connectivity index (χ4v) is 2.95. The van der Waals surface area contributed by atoms with E-state index in [1.54, 1.807) is 0 Å². The van der Waals surface area contributed by atoms with Crippen LogP contribution in [0.25, 0.3) is 0 Å². The lowest BCUT2D eigenvalue weighted by molar-refractivity contribution is -0.385. The number of halogens is 4. The van der Waals surface area contributed by atoms with Gasteiger partial charge in [0.2, 0.25) is 0 Å². The van der Waals surface area contributed by atoms with Gasteiger partial charge < -0.3 is 5.11 Å². The summed E-state index contributed by atoms with van der Waals surface area (Å²) in [7, 11) is 0. The van der Waals surface area contributed by atoms with Crippen LogP contribution in [0.2, 0.25) is 5.02 Å². The van der Waals surface area contributed by atoms with Crippen LogP contribution < -0.4 is 0 Å². The number of aromatic carboxylic acids is 1. The minimum atomic E-state index is -4.53. The number of nitrogens with zero attached hydrogens (tertiary/aromatic N) is 1. The highest BCUT2D eigenvalue weighted by Crippen LogP contribution is 2.38. The number of hydrogen-bond acceptors (Lipinski definition) is 4. The number of carboxylic acid groups (broad SMARTS) is 1. The van der Waals surface area contributed by atoms with Crippen molar-refractivity contribution in [2.45, 2.75) is 16.0 Å². The quantitative estimate of drug-likeness (QED) is 0.591. The van der Waals surface area contributed by atoms with Gasteiger partial charge in [-0.1, -0.05) is 23.4 Å². The summed E-state index contributed by atoms with van der Waals surface area (Å²) in [6.07, 6.45) is -4.53. The van der Waals surface area contributed by atoms with Crippen molar-refractivity contribution in [1.29, 1.82) is 0 Å². The molecule has 0 aliphatic carbocycles. The van der Waals surface area contributed by atoms with Gasteiger partial charge in [-0.3, -0.25) is 10.1 Å². The highest BCUT2D eigenvalue weighted by atomic mass is 35.5. The van der Waals surface area contributed by atoms with Gasteiger partial charge in [0.25, 0.3) is 5.69 Å². The minimum absolute atomic E-state index is 0.162. The highest BCUT2D eigenvalue weighted by molar-refractivity contribution is 7.99. The van der Waals surface area contributed by atoms with E-state index >= 15 is 0 Å². The summed E-state index contributed by atoms with van der Waals surface area (Å²) in [5.74, 6) is -1.48. The minimum Gasteiger partial charge on any atom is -0.477 e. The summed E-state index contributed by atoms with van der Waals surface area (Å²) in [5, 5.41) is 19.6. The Morgan fingerprint density at radius 3 is 2.38 bits per heavy atom. The molecule has 0 fully saturated rings. The van der Waals surface area contributed by atoms with Gasteiger partial charge in [-0.05, 0) is 30.3 Å². The van der Waals surface area contributed by atoms with Crippen molar-refractivity contribution in [2.24, 2.45) is 0 Å². The lowest BCUT2D eigenvalue weighted by Gasteiger charge is -2.10. The summed E-state index contributed by atoms with van der Waals surface area (Å²) < 4.78 is 37.8. The summed E-state index contributed by atoms with van der Waals surface area (Å²) in [6, 6.07) is 6.13. The maximum absolute atomic E-state index is 12.6. The number of rotatable bonds is 4. The number of carbonyl (C=O) groups is 1. The third-order valence-corrected chi connectivity index (χ3v) is 4.37. The Balaban J connectivity index is 2.37. The Hall–Kier alpha value is -2.26. The van der Waals surface area contributed by atoms with Crippen molar-refractivity contribution < 1.29 is 28.0 Å². The molecule has 1 N–H and O–H groups in total. The molecule has 0 saturated heterocycles. The van der Waals surface area contributed by atoms with Gasteiger partial charge in [-0.2, -0.15) is 13.2 Å². The highest BCUT2D eigenvalue weighted by Gasteiger charge is 2.31. The summed E-state index contributed by atoms with van der Waals surface area (Å²) >= 11 is 6.72. The Kier molecular flexibility index (Phi) is 5.05. The molecule has 0 amide bonds. The second-order valence-corrected chi connectivity index (χ2v) is 6.01. The maximum Gasteiger partial charge on any atom is 0.416 e. The second-order valence-electron chi connectivity index (χ2n) is 4.49. The van der Waals surface area contributed by atoms with E-state index in [4.69, 9.17) is 16.7 Å². The lowest BCUT2D eigenvalue weighted by Crippen LogP contribution is -2.04. The number of alkyl halides is 3. The summed E-state index contributed by atoms with van der Waals surface area (Å²) in [6.45, 7) is 0. The molecule has 0 atom stereocenters. The van der Waals surface area contributed by atoms with Gasteiger partial charge in [-0.25, -0.2) is 4.79 Å². The third kappa shape index (κ3) is 3.98. The van der Waals surface area contributed by atoms with Crippen molar-refractivity contribution in [3.63, 3.8) is 0 Å². The summed E-state index contributed by atoms with van der Waals surface area (Å²) in [4.78, 5) is 21.6. The Bertz CT molecular complexity index is 826. The number of carboxylic acids is 1. The van der Waals surface area contributed by atoms with E-state index in [9.17, 15) is 28.1 Å². The smallest absolute Gasteiger partial charge is 0.416 e. The largest absolute Gasteiger partial charge is 0.477 e. The zero-order valence-electron chi connectivity index (χ0n) is 11.5. The van der Waals surface area contributed by atoms with Crippen LogP contribution in [0.5, 0.6) is 0 Å². The van der Waals surface area contributed by atoms with Crippen LogP contribution in [-0.4, -0.2) is 16.0 Å². The topological polar surface area (TPSA) is 80.4 Å². The Morgan fingerprint density at radius 2 is 1.88 bits per heavy atom. The van der Waals surface area contributed by atoms with Crippen LogP contribution in [0.3, 0.4) is 0 Å². The molecule has 0 radical (unpaired) electrons. The first kappa shape index (κ1) is 18.1. The van der Waals surface area contributed by atoms with Gasteiger partial charge in [0, 0.05) is 15.9 Å². The molecule has 0 aliphatic rings. The molecule has 2 aromatic carbocycles. The summed E-state index contributed by atoms with van der Waals surface area (Å²) in [5.41, 5.74) is -2.01. The Morgan fingerprint density at radius 1 is 1.21 bits per heavy atom. The average Bonchev–Trinajstić information content (AvgIpc) is 2.47. The van der Waals surface area contributed by atoms with Crippen molar-refractivity contribution >= 4 is 35.0 Å². The lowest BCUT2D eigenvalue weighted by atomic mass is 10.2. The SMILES string of the molecule is O=C(O)c1cc(Sc2ccc(C(F)(F)F)cc2Cl)ccc1[N+](=O)[O-]. The molecule has 0 unspecified atom stereocenters. The maximum atomic E-state index is 12.6. The molecule has 2 aromatic rings. The zero-order valence-corrected chi connectivity index (χ0v) is 13.1. The van der Waals surface area contributed by atoms with E-state index in [-0.39, 0.29) is 9.92 Å². The fraction of sp³-hybridized carbons (Fsp3) is 0.0714. The normalized spacial score (nSPS) is 11.3. The van der Waals surface area contributed by atoms with E-state index in [0.29, 0.717) is 4.90 Å². The number of nitro groups is 1. The van der Waals surface area contributed by atoms with Gasteiger partial charge in [0.1, 0.15) is 5.56 Å². The van der Waals surface area contributed by atoms with E-state index in [1.807, 2.05) is 0 Å². The van der Waals surface area contributed by atoms with E-state index in [2.05, 4.69) is 0 Å². The average molecular weight is 378 g/mol. The molecule has 0 aromatic heterocycles. The molecular formula is C14H7ClF3NO4S. The standard InChI is InChI=1S/C14H7ClF3NO4S/c15-10-5-7(14(16,17)18)1-4-12(10)24-8-2-3-11(19(22)23)9(6-8)13(20)21/h1-6H,(H,20,21). The first-order valence-corrected chi connectivity index (χ1v) is 7.35. The van der Waals surface area contributed by atoms with E-state index in [1.165, 1.54) is 6.07 Å². The van der Waals surface area contributed by atoms with Crippen LogP contribution in [0, 0.1) is 10.1 Å². The van der Waals surface area contributed by atoms with Gasteiger partial charge in [0.15, 0.2) is 0 Å². The van der Waals surface area contributed by atoms with Crippen molar-refractivity contribution in [2.75, 3.05) is 0 Å². The first-order chi connectivity index (χ1) is 11.1. The predicted octanol–water partition coefficient (Wildman–Crippen LogP) is 5.12. The first-order valence-electron chi connectivity index (χ1n) is 6.16. The van der Waals surface area contributed by atoms with Gasteiger partial charge in [0.05, 0.1) is 15.5 Å². The molecule has 0 aliphatic heterocycles. The molecule has 5 nitrogen and oxygen atoms in total. The zero-order chi connectivity index (χ0) is 18.1. The molecule has 24 heavy (non-hydrogen) atoms. The van der Waals surface area contributed by atoms with Crippen LogP contribution in [0.1, 0.15) is 15.9 Å². The van der Waals surface area contributed by atoms with Crippen molar-refractivity contribution in [1.82, 2.24) is 0 Å². The molecule has 0 spiro atoms. The third-order valence-electron chi connectivity index (χ3n) is 2.88. The van der Waals surface area contributed by atoms with Crippen LogP contribution in [0.4, 0.5) is 18.9 Å². The van der Waals surface area contributed by atoms with Gasteiger partial charge in [-0.15, -0.1) is 0 Å². The molecule has 126 valence electrons. The van der Waals surface area contributed by atoms with E-state index < -0.39 is 33.9 Å². The van der Waals surface area contributed by atoms with Crippen molar-refractivity contribution in [3.05, 3.63) is 62.7 Å². The monoisotopic (exact) mass is 377 g/mol. The van der Waals surface area contributed by atoms with Crippen molar-refractivity contribution in [3.8, 4) is 0 Å². The van der Waals surface area contributed by atoms with Crippen LogP contribution >= 0.6 is 23.4 Å². The van der Waals surface area contributed by atoms with Crippen LogP contribution in [0.15, 0.2) is 46.2 Å². The second kappa shape index (κ2) is 6.70. The van der Waals surface area contributed by atoms with Gasteiger partial charge >= 0.3 is 12.1 Å². The van der Waals surface area contributed by atoms with E-state index in [0.717, 1.165) is 42.1 Å². The Labute approximate surface area is 142 Å². The molecule has 10 heteroatoms. The molecule has 2 rings (SSSR count). The van der Waals surface area contributed by atoms with Crippen LogP contribution in [-0.2, 0) is 6.18 Å². The molecule has 0 bridgehead atoms. The number of nitro benzene ring substituents is 1.